The molecule has 0 bridgehead atoms. The molecule has 1 aliphatic rings. The van der Waals surface area contributed by atoms with Crippen LogP contribution in [0.4, 0.5) is 11.4 Å². The van der Waals surface area contributed by atoms with Crippen LogP contribution in [0.3, 0.4) is 0 Å². The first-order valence-electron chi connectivity index (χ1n) is 8.73. The summed E-state index contributed by atoms with van der Waals surface area (Å²) < 4.78 is 0. The molecular formula is C20H26ClN3OS. The summed E-state index contributed by atoms with van der Waals surface area (Å²) in [7, 11) is 0. The fourth-order valence-corrected chi connectivity index (χ4v) is 3.86. The molecule has 6 heteroatoms. The van der Waals surface area contributed by atoms with Gasteiger partial charge in [0.25, 0.3) is 0 Å². The lowest BCUT2D eigenvalue weighted by atomic mass is 10.1. The van der Waals surface area contributed by atoms with Gasteiger partial charge in [-0.1, -0.05) is 30.3 Å². The highest BCUT2D eigenvalue weighted by molar-refractivity contribution is 7.99. The Bertz CT molecular complexity index is 675. The smallest absolute Gasteiger partial charge is 0.225 e. The number of benzene rings is 2. The van der Waals surface area contributed by atoms with Crippen LogP contribution in [0.5, 0.6) is 0 Å². The molecule has 1 amide bonds. The van der Waals surface area contributed by atoms with Gasteiger partial charge in [0.2, 0.25) is 5.91 Å². The third-order valence-electron chi connectivity index (χ3n) is 4.28. The van der Waals surface area contributed by atoms with Gasteiger partial charge in [0.05, 0.1) is 0 Å². The molecule has 1 aliphatic heterocycles. The average molecular weight is 392 g/mol. The first kappa shape index (κ1) is 20.6. The predicted molar refractivity (Wildman–Crippen MR) is 115 cm³/mol. The van der Waals surface area contributed by atoms with Crippen LogP contribution in [-0.4, -0.2) is 30.0 Å². The molecule has 26 heavy (non-hydrogen) atoms. The van der Waals surface area contributed by atoms with E-state index in [0.717, 1.165) is 29.4 Å². The van der Waals surface area contributed by atoms with E-state index in [1.54, 1.807) is 0 Å². The lowest BCUT2D eigenvalue weighted by molar-refractivity contribution is -0.116. The second kappa shape index (κ2) is 10.5. The van der Waals surface area contributed by atoms with E-state index in [1.165, 1.54) is 5.56 Å². The van der Waals surface area contributed by atoms with Gasteiger partial charge in [-0.2, -0.15) is 11.8 Å². The summed E-state index contributed by atoms with van der Waals surface area (Å²) in [5, 5.41) is 9.85. The second-order valence-corrected chi connectivity index (χ2v) is 7.48. The van der Waals surface area contributed by atoms with Crippen molar-refractivity contribution in [1.82, 2.24) is 5.32 Å². The van der Waals surface area contributed by atoms with Gasteiger partial charge in [0.15, 0.2) is 0 Å². The number of carbonyl (C=O) groups excluding carboxylic acids is 1. The number of anilines is 2. The Labute approximate surface area is 165 Å². The highest BCUT2D eigenvalue weighted by Crippen LogP contribution is 2.21. The van der Waals surface area contributed by atoms with Crippen LogP contribution in [0.25, 0.3) is 0 Å². The summed E-state index contributed by atoms with van der Waals surface area (Å²) >= 11 is 1.91. The molecule has 2 aromatic rings. The molecular weight excluding hydrogens is 366 g/mol. The average Bonchev–Trinajstić information content (AvgIpc) is 2.65. The molecule has 2 aromatic carbocycles. The third-order valence-corrected chi connectivity index (χ3v) is 5.41. The van der Waals surface area contributed by atoms with Crippen LogP contribution in [0, 0.1) is 0 Å². The standard InChI is InChI=1S/C20H25N3OS.ClH/c1-15(16-5-3-2-4-6-16)22-17-7-9-18(10-8-17)23-20(24)13-19-14-25-12-11-21-19;/h2-10,15,19,21-22H,11-14H2,1H3,(H,23,24);1H. The monoisotopic (exact) mass is 391 g/mol. The van der Waals surface area contributed by atoms with Gasteiger partial charge in [0.1, 0.15) is 0 Å². The zero-order chi connectivity index (χ0) is 17.5. The molecule has 0 aromatic heterocycles. The first-order chi connectivity index (χ1) is 12.2. The summed E-state index contributed by atoms with van der Waals surface area (Å²) in [5.74, 6) is 2.21. The second-order valence-electron chi connectivity index (χ2n) is 6.33. The van der Waals surface area contributed by atoms with Gasteiger partial charge in [-0.05, 0) is 36.8 Å². The molecule has 1 saturated heterocycles. The van der Waals surface area contributed by atoms with E-state index in [0.29, 0.717) is 6.42 Å². The van der Waals surface area contributed by atoms with Crippen molar-refractivity contribution < 1.29 is 4.79 Å². The molecule has 140 valence electrons. The molecule has 0 spiro atoms. The number of nitrogens with one attached hydrogen (secondary N) is 3. The summed E-state index contributed by atoms with van der Waals surface area (Å²) in [4.78, 5) is 12.2. The van der Waals surface area contributed by atoms with Crippen molar-refractivity contribution in [2.75, 3.05) is 28.7 Å². The SMILES string of the molecule is CC(Nc1ccc(NC(=O)CC2CSCCN2)cc1)c1ccccc1.Cl. The molecule has 0 radical (unpaired) electrons. The van der Waals surface area contributed by atoms with Crippen molar-refractivity contribution in [3.8, 4) is 0 Å². The fraction of sp³-hybridized carbons (Fsp3) is 0.350. The Morgan fingerprint density at radius 2 is 1.85 bits per heavy atom. The van der Waals surface area contributed by atoms with Crippen LogP contribution in [0.1, 0.15) is 24.9 Å². The Kier molecular flexibility index (Phi) is 8.29. The van der Waals surface area contributed by atoms with Crippen LogP contribution in [0.2, 0.25) is 0 Å². The first-order valence-corrected chi connectivity index (χ1v) is 9.89. The Hall–Kier alpha value is -1.69. The number of hydrogen-bond acceptors (Lipinski definition) is 4. The van der Waals surface area contributed by atoms with Gasteiger partial charge < -0.3 is 16.0 Å². The van der Waals surface area contributed by atoms with Gasteiger partial charge in [0, 0.05) is 47.9 Å². The van der Waals surface area contributed by atoms with Gasteiger partial charge in [-0.3, -0.25) is 4.79 Å². The minimum Gasteiger partial charge on any atom is -0.379 e. The zero-order valence-corrected chi connectivity index (χ0v) is 16.5. The van der Waals surface area contributed by atoms with E-state index in [2.05, 4.69) is 35.0 Å². The number of rotatable bonds is 6. The summed E-state index contributed by atoms with van der Waals surface area (Å²) in [6.45, 7) is 3.13. The molecule has 0 saturated carbocycles. The molecule has 1 fully saturated rings. The largest absolute Gasteiger partial charge is 0.379 e. The van der Waals surface area contributed by atoms with Crippen LogP contribution in [-0.2, 0) is 4.79 Å². The van der Waals surface area contributed by atoms with Gasteiger partial charge >= 0.3 is 0 Å². The number of hydrogen-bond donors (Lipinski definition) is 3. The lowest BCUT2D eigenvalue weighted by Gasteiger charge is -2.22. The third kappa shape index (κ3) is 6.24. The summed E-state index contributed by atoms with van der Waals surface area (Å²) in [5.41, 5.74) is 3.13. The van der Waals surface area contributed by atoms with Crippen molar-refractivity contribution >= 4 is 41.5 Å². The van der Waals surface area contributed by atoms with E-state index < -0.39 is 0 Å². The molecule has 4 nitrogen and oxygen atoms in total. The van der Waals surface area contributed by atoms with E-state index in [1.807, 2.05) is 54.2 Å². The number of carbonyl (C=O) groups is 1. The minimum atomic E-state index is 0. The van der Waals surface area contributed by atoms with E-state index in [4.69, 9.17) is 0 Å². The number of halogens is 1. The topological polar surface area (TPSA) is 53.2 Å². The number of thioether (sulfide) groups is 1. The maximum atomic E-state index is 12.2. The van der Waals surface area contributed by atoms with Crippen molar-refractivity contribution in [3.63, 3.8) is 0 Å². The van der Waals surface area contributed by atoms with Crippen molar-refractivity contribution in [2.45, 2.75) is 25.4 Å². The van der Waals surface area contributed by atoms with Crippen LogP contribution in [0.15, 0.2) is 54.6 Å². The highest BCUT2D eigenvalue weighted by Gasteiger charge is 2.16. The lowest BCUT2D eigenvalue weighted by Crippen LogP contribution is -2.39. The Balaban J connectivity index is 0.00000243. The maximum absolute atomic E-state index is 12.2. The van der Waals surface area contributed by atoms with E-state index in [9.17, 15) is 4.79 Å². The van der Waals surface area contributed by atoms with Gasteiger partial charge in [-0.15, -0.1) is 12.4 Å². The molecule has 1 heterocycles. The predicted octanol–water partition coefficient (Wildman–Crippen LogP) is 4.32. The molecule has 3 N–H and O–H groups in total. The van der Waals surface area contributed by atoms with E-state index >= 15 is 0 Å². The Morgan fingerprint density at radius 3 is 2.50 bits per heavy atom. The maximum Gasteiger partial charge on any atom is 0.225 e. The van der Waals surface area contributed by atoms with Gasteiger partial charge in [-0.25, -0.2) is 0 Å². The molecule has 2 atom stereocenters. The zero-order valence-electron chi connectivity index (χ0n) is 14.9. The van der Waals surface area contributed by atoms with Crippen molar-refractivity contribution in [3.05, 3.63) is 60.2 Å². The number of amides is 1. The highest BCUT2D eigenvalue weighted by atomic mass is 35.5. The van der Waals surface area contributed by atoms with Crippen molar-refractivity contribution in [2.24, 2.45) is 0 Å². The van der Waals surface area contributed by atoms with E-state index in [-0.39, 0.29) is 30.4 Å². The molecule has 0 aliphatic carbocycles. The van der Waals surface area contributed by atoms with Crippen LogP contribution >= 0.6 is 24.2 Å². The fourth-order valence-electron chi connectivity index (χ4n) is 2.91. The normalized spacial score (nSPS) is 17.7. The molecule has 2 unspecified atom stereocenters. The molecule has 3 rings (SSSR count). The summed E-state index contributed by atoms with van der Waals surface area (Å²) in [6.07, 6.45) is 0.526. The van der Waals surface area contributed by atoms with Crippen molar-refractivity contribution in [1.29, 1.82) is 0 Å². The minimum absolute atomic E-state index is 0. The van der Waals surface area contributed by atoms with Crippen LogP contribution < -0.4 is 16.0 Å². The quantitative estimate of drug-likeness (QED) is 0.686. The Morgan fingerprint density at radius 1 is 1.15 bits per heavy atom. The summed E-state index contributed by atoms with van der Waals surface area (Å²) in [6, 6.07) is 18.8.